The summed E-state index contributed by atoms with van der Waals surface area (Å²) in [5, 5.41) is 0.717. The molecular formula is C13H8O2S. The molecule has 0 amide bonds. The number of fused-ring (bicyclic) bond motifs is 2. The molecule has 0 saturated heterocycles. The molecule has 0 radical (unpaired) electrons. The maximum atomic E-state index is 12.1. The SMILES string of the molecule is O=C1C=Cc2sc3ccccc3c(=O)c2C1. The second-order valence-electron chi connectivity index (χ2n) is 3.75. The lowest BCUT2D eigenvalue weighted by Gasteiger charge is -2.08. The van der Waals surface area contributed by atoms with Gasteiger partial charge >= 0.3 is 0 Å². The van der Waals surface area contributed by atoms with E-state index in [1.165, 1.54) is 0 Å². The Morgan fingerprint density at radius 3 is 2.75 bits per heavy atom. The fraction of sp³-hybridized carbons (Fsp3) is 0.0769. The van der Waals surface area contributed by atoms with E-state index in [0.29, 0.717) is 10.9 Å². The van der Waals surface area contributed by atoms with Crippen LogP contribution >= 0.6 is 11.3 Å². The van der Waals surface area contributed by atoms with Crippen molar-refractivity contribution in [3.8, 4) is 0 Å². The molecule has 0 fully saturated rings. The number of hydrogen-bond donors (Lipinski definition) is 0. The van der Waals surface area contributed by atoms with Gasteiger partial charge in [-0.2, -0.15) is 0 Å². The lowest BCUT2D eigenvalue weighted by molar-refractivity contribution is -0.114. The Hall–Kier alpha value is -1.74. The zero-order valence-electron chi connectivity index (χ0n) is 8.40. The summed E-state index contributed by atoms with van der Waals surface area (Å²) < 4.78 is 0.977. The first-order valence-corrected chi connectivity index (χ1v) is 5.83. The molecule has 0 N–H and O–H groups in total. The van der Waals surface area contributed by atoms with Gasteiger partial charge in [0, 0.05) is 26.9 Å². The summed E-state index contributed by atoms with van der Waals surface area (Å²) in [6.45, 7) is 0. The largest absolute Gasteiger partial charge is 0.294 e. The molecule has 3 rings (SSSR count). The Morgan fingerprint density at radius 2 is 1.88 bits per heavy atom. The van der Waals surface area contributed by atoms with Crippen molar-refractivity contribution in [3.63, 3.8) is 0 Å². The van der Waals surface area contributed by atoms with Crippen LogP contribution in [0.15, 0.2) is 35.1 Å². The molecule has 0 unspecified atom stereocenters. The third-order valence-electron chi connectivity index (χ3n) is 2.69. The molecule has 0 bridgehead atoms. The smallest absolute Gasteiger partial charge is 0.192 e. The van der Waals surface area contributed by atoms with Gasteiger partial charge in [0.15, 0.2) is 11.2 Å². The van der Waals surface area contributed by atoms with Crippen LogP contribution in [0.4, 0.5) is 0 Å². The van der Waals surface area contributed by atoms with E-state index >= 15 is 0 Å². The van der Waals surface area contributed by atoms with Gasteiger partial charge in [-0.05, 0) is 24.3 Å². The molecule has 2 nitrogen and oxygen atoms in total. The first-order valence-electron chi connectivity index (χ1n) is 5.01. The van der Waals surface area contributed by atoms with Crippen molar-refractivity contribution in [1.82, 2.24) is 0 Å². The van der Waals surface area contributed by atoms with E-state index in [9.17, 15) is 9.59 Å². The molecule has 0 spiro atoms. The topological polar surface area (TPSA) is 34.1 Å². The van der Waals surface area contributed by atoms with Crippen molar-refractivity contribution < 1.29 is 4.79 Å². The summed E-state index contributed by atoms with van der Waals surface area (Å²) in [6, 6.07) is 7.52. The predicted molar refractivity (Wildman–Crippen MR) is 65.8 cm³/mol. The monoisotopic (exact) mass is 228 g/mol. The van der Waals surface area contributed by atoms with Gasteiger partial charge in [-0.15, -0.1) is 11.3 Å². The predicted octanol–water partition coefficient (Wildman–Crippen LogP) is 2.40. The molecular weight excluding hydrogens is 220 g/mol. The maximum absolute atomic E-state index is 12.1. The van der Waals surface area contributed by atoms with Crippen LogP contribution in [0.2, 0.25) is 0 Å². The molecule has 0 saturated carbocycles. The summed E-state index contributed by atoms with van der Waals surface area (Å²) >= 11 is 1.57. The van der Waals surface area contributed by atoms with Gasteiger partial charge in [0.2, 0.25) is 0 Å². The first-order chi connectivity index (χ1) is 7.75. The van der Waals surface area contributed by atoms with Crippen LogP contribution in [0.25, 0.3) is 16.2 Å². The number of rotatable bonds is 0. The molecule has 0 aliphatic heterocycles. The molecule has 1 aliphatic rings. The maximum Gasteiger partial charge on any atom is 0.192 e. The Bertz CT molecular complexity index is 680. The van der Waals surface area contributed by atoms with E-state index in [0.717, 1.165) is 9.58 Å². The Balaban J connectivity index is 2.44. The highest BCUT2D eigenvalue weighted by molar-refractivity contribution is 7.19. The Labute approximate surface area is 95.9 Å². The minimum absolute atomic E-state index is 0.00190. The van der Waals surface area contributed by atoms with Crippen molar-refractivity contribution in [2.45, 2.75) is 6.42 Å². The second kappa shape index (κ2) is 3.39. The van der Waals surface area contributed by atoms with Gasteiger partial charge in [-0.25, -0.2) is 0 Å². The summed E-state index contributed by atoms with van der Waals surface area (Å²) in [7, 11) is 0. The minimum atomic E-state index is 0.00190. The van der Waals surface area contributed by atoms with Gasteiger partial charge in [0.05, 0.1) is 0 Å². The van der Waals surface area contributed by atoms with Crippen LogP contribution < -0.4 is 5.43 Å². The van der Waals surface area contributed by atoms with Crippen molar-refractivity contribution in [2.75, 3.05) is 0 Å². The number of hydrogen-bond acceptors (Lipinski definition) is 3. The van der Waals surface area contributed by atoms with Gasteiger partial charge < -0.3 is 0 Å². The van der Waals surface area contributed by atoms with E-state index in [-0.39, 0.29) is 17.6 Å². The van der Waals surface area contributed by atoms with Crippen LogP contribution in [0, 0.1) is 0 Å². The first kappa shape index (κ1) is 9.48. The molecule has 0 atom stereocenters. The van der Waals surface area contributed by atoms with E-state index in [1.807, 2.05) is 24.3 Å². The van der Waals surface area contributed by atoms with Gasteiger partial charge in [0.25, 0.3) is 0 Å². The third kappa shape index (κ3) is 1.32. The van der Waals surface area contributed by atoms with E-state index in [4.69, 9.17) is 0 Å². The third-order valence-corrected chi connectivity index (χ3v) is 3.87. The van der Waals surface area contributed by atoms with Gasteiger partial charge in [0.1, 0.15) is 0 Å². The highest BCUT2D eigenvalue weighted by atomic mass is 32.1. The summed E-state index contributed by atoms with van der Waals surface area (Å²) in [5.74, 6) is 0.00656. The van der Waals surface area contributed by atoms with E-state index in [1.54, 1.807) is 23.5 Å². The molecule has 78 valence electrons. The Morgan fingerprint density at radius 1 is 1.06 bits per heavy atom. The van der Waals surface area contributed by atoms with Crippen LogP contribution in [-0.4, -0.2) is 5.78 Å². The summed E-state index contributed by atoms with van der Waals surface area (Å²) in [6.07, 6.45) is 3.54. The van der Waals surface area contributed by atoms with Crippen molar-refractivity contribution in [1.29, 1.82) is 0 Å². The number of carbonyl (C=O) groups is 1. The van der Waals surface area contributed by atoms with Crippen molar-refractivity contribution >= 4 is 33.3 Å². The van der Waals surface area contributed by atoms with E-state index in [2.05, 4.69) is 0 Å². The van der Waals surface area contributed by atoms with Crippen molar-refractivity contribution in [3.05, 3.63) is 51.0 Å². The lowest BCUT2D eigenvalue weighted by Crippen LogP contribution is -2.16. The van der Waals surface area contributed by atoms with Crippen molar-refractivity contribution in [2.24, 2.45) is 0 Å². The fourth-order valence-electron chi connectivity index (χ4n) is 1.90. The number of benzene rings is 1. The zero-order valence-corrected chi connectivity index (χ0v) is 9.21. The summed E-state index contributed by atoms with van der Waals surface area (Å²) in [5.41, 5.74) is 0.651. The Kier molecular flexibility index (Phi) is 2.01. The van der Waals surface area contributed by atoms with Gasteiger partial charge in [-0.1, -0.05) is 12.1 Å². The molecule has 2 aromatic rings. The highest BCUT2D eigenvalue weighted by Crippen LogP contribution is 2.25. The van der Waals surface area contributed by atoms with E-state index < -0.39 is 0 Å². The number of ketones is 1. The van der Waals surface area contributed by atoms with Gasteiger partial charge in [-0.3, -0.25) is 9.59 Å². The quantitative estimate of drug-likeness (QED) is 0.694. The summed E-state index contributed by atoms with van der Waals surface area (Å²) in [4.78, 5) is 24.4. The molecule has 3 heteroatoms. The molecule has 1 aromatic carbocycles. The zero-order chi connectivity index (χ0) is 11.1. The molecule has 1 heterocycles. The number of allylic oxidation sites excluding steroid dienone is 1. The molecule has 1 aliphatic carbocycles. The average Bonchev–Trinajstić information content (AvgIpc) is 2.31. The average molecular weight is 228 g/mol. The second-order valence-corrected chi connectivity index (χ2v) is 4.83. The normalized spacial score (nSPS) is 14.1. The minimum Gasteiger partial charge on any atom is -0.294 e. The van der Waals surface area contributed by atoms with Crippen LogP contribution in [0.3, 0.4) is 0 Å². The highest BCUT2D eigenvalue weighted by Gasteiger charge is 2.16. The molecule has 1 aromatic heterocycles. The lowest BCUT2D eigenvalue weighted by atomic mass is 10.0. The number of carbonyl (C=O) groups excluding carboxylic acids is 1. The standard InChI is InChI=1S/C13H8O2S/c14-8-5-6-12-10(7-8)13(15)9-3-1-2-4-11(9)16-12/h1-6H,7H2. The van der Waals surface area contributed by atoms with Crippen LogP contribution in [0.5, 0.6) is 0 Å². The fourth-order valence-corrected chi connectivity index (χ4v) is 2.98. The van der Waals surface area contributed by atoms with Crippen LogP contribution in [-0.2, 0) is 11.2 Å². The van der Waals surface area contributed by atoms with Crippen LogP contribution in [0.1, 0.15) is 10.4 Å². The molecule has 16 heavy (non-hydrogen) atoms.